The average molecular weight is 271 g/mol. The Kier molecular flexibility index (Phi) is 5.95. The Bertz CT molecular complexity index is 422. The van der Waals surface area contributed by atoms with Crippen LogP contribution in [0.3, 0.4) is 0 Å². The van der Waals surface area contributed by atoms with Gasteiger partial charge < -0.3 is 15.8 Å². The van der Waals surface area contributed by atoms with E-state index in [1.807, 2.05) is 13.0 Å². The Morgan fingerprint density at radius 3 is 2.78 bits per heavy atom. The number of hydrogen-bond acceptors (Lipinski definition) is 3. The maximum Gasteiger partial charge on any atom is 0.224 e. The van der Waals surface area contributed by atoms with Gasteiger partial charge in [-0.3, -0.25) is 4.79 Å². The minimum atomic E-state index is -0.0385. The monoisotopic (exact) mass is 270 g/mol. The van der Waals surface area contributed by atoms with Gasteiger partial charge in [0, 0.05) is 17.5 Å². The normalized spacial score (nSPS) is 10.2. The van der Waals surface area contributed by atoms with E-state index in [1.165, 1.54) is 0 Å². The summed E-state index contributed by atoms with van der Waals surface area (Å²) in [5.41, 5.74) is 6.93. The molecule has 1 amide bonds. The van der Waals surface area contributed by atoms with Crippen molar-refractivity contribution in [2.45, 2.75) is 26.2 Å². The molecule has 0 saturated carbocycles. The van der Waals surface area contributed by atoms with Gasteiger partial charge in [0.2, 0.25) is 5.91 Å². The van der Waals surface area contributed by atoms with Crippen LogP contribution in [0, 0.1) is 6.92 Å². The summed E-state index contributed by atoms with van der Waals surface area (Å²) >= 11 is 6.00. The molecule has 1 rings (SSSR count). The van der Waals surface area contributed by atoms with Gasteiger partial charge >= 0.3 is 0 Å². The number of aryl methyl sites for hydroxylation is 1. The fraction of sp³-hybridized carbons (Fsp3) is 0.462. The van der Waals surface area contributed by atoms with Crippen molar-refractivity contribution >= 4 is 23.2 Å². The van der Waals surface area contributed by atoms with Gasteiger partial charge in [0.05, 0.1) is 12.8 Å². The first-order chi connectivity index (χ1) is 8.58. The van der Waals surface area contributed by atoms with Crippen molar-refractivity contribution in [3.63, 3.8) is 0 Å². The van der Waals surface area contributed by atoms with E-state index >= 15 is 0 Å². The summed E-state index contributed by atoms with van der Waals surface area (Å²) in [6, 6.07) is 3.51. The number of carbonyl (C=O) groups excluding carboxylic acids is 1. The van der Waals surface area contributed by atoms with Crippen LogP contribution in [0.25, 0.3) is 0 Å². The molecule has 5 heteroatoms. The summed E-state index contributed by atoms with van der Waals surface area (Å²) in [5.74, 6) is 0.529. The second-order valence-electron chi connectivity index (χ2n) is 4.10. The second-order valence-corrected chi connectivity index (χ2v) is 4.50. The predicted octanol–water partition coefficient (Wildman–Crippen LogP) is 2.72. The lowest BCUT2D eigenvalue weighted by molar-refractivity contribution is -0.116. The quantitative estimate of drug-likeness (QED) is 0.781. The van der Waals surface area contributed by atoms with Gasteiger partial charge in [-0.2, -0.15) is 0 Å². The van der Waals surface area contributed by atoms with Gasteiger partial charge in [-0.05, 0) is 37.9 Å². The highest BCUT2D eigenvalue weighted by atomic mass is 35.5. The number of anilines is 1. The van der Waals surface area contributed by atoms with Crippen molar-refractivity contribution in [1.82, 2.24) is 0 Å². The molecule has 0 radical (unpaired) electrons. The first kappa shape index (κ1) is 14.8. The van der Waals surface area contributed by atoms with Crippen LogP contribution in [-0.4, -0.2) is 19.6 Å². The molecule has 0 heterocycles. The van der Waals surface area contributed by atoms with Crippen LogP contribution in [-0.2, 0) is 4.79 Å². The molecule has 100 valence electrons. The summed E-state index contributed by atoms with van der Waals surface area (Å²) in [7, 11) is 1.55. The molecule has 0 aliphatic rings. The van der Waals surface area contributed by atoms with E-state index in [9.17, 15) is 4.79 Å². The van der Waals surface area contributed by atoms with Crippen LogP contribution in [0.1, 0.15) is 24.8 Å². The van der Waals surface area contributed by atoms with Crippen molar-refractivity contribution in [3.05, 3.63) is 22.7 Å². The fourth-order valence-corrected chi connectivity index (χ4v) is 1.73. The highest BCUT2D eigenvalue weighted by molar-refractivity contribution is 6.31. The molecule has 1 aromatic rings. The summed E-state index contributed by atoms with van der Waals surface area (Å²) in [4.78, 5) is 11.7. The SMILES string of the molecule is COc1cc(Cl)c(C)cc1NC(=O)CCCCN. The summed E-state index contributed by atoms with van der Waals surface area (Å²) in [6.45, 7) is 2.49. The third-order valence-electron chi connectivity index (χ3n) is 2.61. The Labute approximate surface area is 112 Å². The molecule has 18 heavy (non-hydrogen) atoms. The first-order valence-electron chi connectivity index (χ1n) is 5.92. The minimum Gasteiger partial charge on any atom is -0.495 e. The molecule has 0 aromatic heterocycles. The lowest BCUT2D eigenvalue weighted by Gasteiger charge is -2.12. The number of methoxy groups -OCH3 is 1. The van der Waals surface area contributed by atoms with Crippen molar-refractivity contribution in [3.8, 4) is 5.75 Å². The van der Waals surface area contributed by atoms with E-state index in [-0.39, 0.29) is 5.91 Å². The largest absolute Gasteiger partial charge is 0.495 e. The fourth-order valence-electron chi connectivity index (χ4n) is 1.57. The smallest absolute Gasteiger partial charge is 0.224 e. The molecule has 0 fully saturated rings. The molecule has 0 aliphatic carbocycles. The highest BCUT2D eigenvalue weighted by Gasteiger charge is 2.09. The summed E-state index contributed by atoms with van der Waals surface area (Å²) < 4.78 is 5.19. The number of ether oxygens (including phenoxy) is 1. The molecular weight excluding hydrogens is 252 g/mol. The zero-order chi connectivity index (χ0) is 13.5. The zero-order valence-electron chi connectivity index (χ0n) is 10.8. The van der Waals surface area contributed by atoms with Gasteiger partial charge in [-0.25, -0.2) is 0 Å². The number of benzene rings is 1. The molecule has 0 saturated heterocycles. The van der Waals surface area contributed by atoms with Crippen LogP contribution < -0.4 is 15.8 Å². The van der Waals surface area contributed by atoms with E-state index in [0.717, 1.165) is 18.4 Å². The van der Waals surface area contributed by atoms with Crippen LogP contribution in [0.15, 0.2) is 12.1 Å². The molecule has 0 atom stereocenters. The van der Waals surface area contributed by atoms with Crippen molar-refractivity contribution in [2.75, 3.05) is 19.0 Å². The molecule has 0 spiro atoms. The maximum atomic E-state index is 11.7. The van der Waals surface area contributed by atoms with Crippen molar-refractivity contribution in [2.24, 2.45) is 5.73 Å². The summed E-state index contributed by atoms with van der Waals surface area (Å²) in [6.07, 6.45) is 2.10. The lowest BCUT2D eigenvalue weighted by Crippen LogP contribution is -2.13. The number of halogens is 1. The van der Waals surface area contributed by atoms with E-state index in [2.05, 4.69) is 5.32 Å². The number of carbonyl (C=O) groups is 1. The van der Waals surface area contributed by atoms with Crippen LogP contribution in [0.2, 0.25) is 5.02 Å². The second kappa shape index (κ2) is 7.24. The van der Waals surface area contributed by atoms with Crippen LogP contribution >= 0.6 is 11.6 Å². The standard InChI is InChI=1S/C13H19ClN2O2/c1-9-7-11(12(18-2)8-10(9)14)16-13(17)5-3-4-6-15/h7-8H,3-6,15H2,1-2H3,(H,16,17). The number of nitrogens with one attached hydrogen (secondary N) is 1. The third-order valence-corrected chi connectivity index (χ3v) is 3.02. The highest BCUT2D eigenvalue weighted by Crippen LogP contribution is 2.31. The van der Waals surface area contributed by atoms with Gasteiger partial charge in [-0.1, -0.05) is 11.6 Å². The Morgan fingerprint density at radius 1 is 1.44 bits per heavy atom. The summed E-state index contributed by atoms with van der Waals surface area (Å²) in [5, 5.41) is 3.44. The number of hydrogen-bond donors (Lipinski definition) is 2. The Balaban J connectivity index is 2.71. The van der Waals surface area contributed by atoms with E-state index in [1.54, 1.807) is 13.2 Å². The molecule has 0 unspecified atom stereocenters. The van der Waals surface area contributed by atoms with E-state index in [0.29, 0.717) is 29.4 Å². The third kappa shape index (κ3) is 4.20. The van der Waals surface area contributed by atoms with Gasteiger partial charge in [-0.15, -0.1) is 0 Å². The predicted molar refractivity (Wildman–Crippen MR) is 74.3 cm³/mol. The molecule has 4 nitrogen and oxygen atoms in total. The van der Waals surface area contributed by atoms with Crippen molar-refractivity contribution in [1.29, 1.82) is 0 Å². The van der Waals surface area contributed by atoms with Crippen molar-refractivity contribution < 1.29 is 9.53 Å². The number of nitrogens with two attached hydrogens (primary N) is 1. The molecule has 3 N–H and O–H groups in total. The van der Waals surface area contributed by atoms with Crippen LogP contribution in [0.5, 0.6) is 5.75 Å². The number of unbranched alkanes of at least 4 members (excludes halogenated alkanes) is 1. The average Bonchev–Trinajstić information content (AvgIpc) is 2.34. The topological polar surface area (TPSA) is 64.3 Å². The number of amides is 1. The van der Waals surface area contributed by atoms with Gasteiger partial charge in [0.1, 0.15) is 5.75 Å². The van der Waals surface area contributed by atoms with Crippen LogP contribution in [0.4, 0.5) is 5.69 Å². The minimum absolute atomic E-state index is 0.0385. The number of rotatable bonds is 6. The first-order valence-corrected chi connectivity index (χ1v) is 6.30. The Hall–Kier alpha value is -1.26. The van der Waals surface area contributed by atoms with E-state index in [4.69, 9.17) is 22.1 Å². The molecule has 0 aliphatic heterocycles. The Morgan fingerprint density at radius 2 is 2.17 bits per heavy atom. The molecular formula is C13H19ClN2O2. The van der Waals surface area contributed by atoms with E-state index < -0.39 is 0 Å². The lowest BCUT2D eigenvalue weighted by atomic mass is 10.2. The maximum absolute atomic E-state index is 11.7. The van der Waals surface area contributed by atoms with Gasteiger partial charge in [0.25, 0.3) is 0 Å². The van der Waals surface area contributed by atoms with Gasteiger partial charge in [0.15, 0.2) is 0 Å². The zero-order valence-corrected chi connectivity index (χ0v) is 11.5. The molecule has 1 aromatic carbocycles. The molecule has 0 bridgehead atoms.